The van der Waals surface area contributed by atoms with Gasteiger partial charge in [0.1, 0.15) is 12.4 Å². The highest BCUT2D eigenvalue weighted by molar-refractivity contribution is 5.73. The highest BCUT2D eigenvalue weighted by Crippen LogP contribution is 2.44. The van der Waals surface area contributed by atoms with Crippen molar-refractivity contribution in [1.82, 2.24) is 0 Å². The average Bonchev–Trinajstić information content (AvgIpc) is 2.64. The minimum absolute atomic E-state index is 0.247. The van der Waals surface area contributed by atoms with Crippen LogP contribution in [-0.4, -0.2) is 18.6 Å². The predicted octanol–water partition coefficient (Wildman–Crippen LogP) is 3.33. The first-order valence-corrected chi connectivity index (χ1v) is 7.92. The minimum atomic E-state index is -3.21. The van der Waals surface area contributed by atoms with Crippen molar-refractivity contribution in [3.05, 3.63) is 65.2 Å². The number of halogens is 2. The van der Waals surface area contributed by atoms with Gasteiger partial charge < -0.3 is 15.2 Å². The average molecular weight is 357 g/mol. The third kappa shape index (κ3) is 3.31. The molecule has 0 saturated carbocycles. The molecular formula is C19H17F2N3O2. The van der Waals surface area contributed by atoms with Crippen molar-refractivity contribution in [3.8, 4) is 11.8 Å². The molecular weight excluding hydrogens is 340 g/mol. The van der Waals surface area contributed by atoms with Crippen molar-refractivity contribution in [3.63, 3.8) is 0 Å². The Balaban J connectivity index is 1.81. The Morgan fingerprint density at radius 2 is 2.00 bits per heavy atom. The number of nitriles is 1. The van der Waals surface area contributed by atoms with Gasteiger partial charge in [-0.05, 0) is 42.3 Å². The van der Waals surface area contributed by atoms with Gasteiger partial charge in [-0.1, -0.05) is 24.3 Å². The predicted molar refractivity (Wildman–Crippen MR) is 91.8 cm³/mol. The van der Waals surface area contributed by atoms with E-state index in [0.717, 1.165) is 5.56 Å². The van der Waals surface area contributed by atoms with Gasteiger partial charge in [-0.3, -0.25) is 0 Å². The summed E-state index contributed by atoms with van der Waals surface area (Å²) in [6.07, 6.45) is 0. The summed E-state index contributed by atoms with van der Waals surface area (Å²) in [5.74, 6) is -2.77. The molecule has 0 radical (unpaired) electrons. The van der Waals surface area contributed by atoms with Crippen molar-refractivity contribution < 1.29 is 18.3 Å². The molecule has 1 unspecified atom stereocenters. The maximum absolute atomic E-state index is 14.4. The van der Waals surface area contributed by atoms with E-state index < -0.39 is 18.1 Å². The second-order valence-corrected chi connectivity index (χ2v) is 6.14. The van der Waals surface area contributed by atoms with Crippen molar-refractivity contribution in [2.45, 2.75) is 25.0 Å². The van der Waals surface area contributed by atoms with Crippen LogP contribution >= 0.6 is 0 Å². The number of benzene rings is 2. The maximum Gasteiger partial charge on any atom is 0.310 e. The van der Waals surface area contributed by atoms with Crippen LogP contribution in [0.4, 0.5) is 8.78 Å². The molecule has 2 aromatic carbocycles. The van der Waals surface area contributed by atoms with Gasteiger partial charge in [0.05, 0.1) is 11.6 Å². The van der Waals surface area contributed by atoms with Gasteiger partial charge in [0.15, 0.2) is 12.1 Å². The maximum atomic E-state index is 14.4. The van der Waals surface area contributed by atoms with E-state index in [1.54, 1.807) is 42.5 Å². The number of ether oxygens (including phenoxy) is 2. The quantitative estimate of drug-likeness (QED) is 0.910. The van der Waals surface area contributed by atoms with Gasteiger partial charge in [-0.25, -0.2) is 4.99 Å². The summed E-state index contributed by atoms with van der Waals surface area (Å²) >= 11 is 0. The molecule has 1 heterocycles. The third-order valence-corrected chi connectivity index (χ3v) is 4.33. The lowest BCUT2D eigenvalue weighted by atomic mass is 9.85. The van der Waals surface area contributed by atoms with Crippen molar-refractivity contribution in [1.29, 1.82) is 5.26 Å². The number of rotatable bonds is 4. The van der Waals surface area contributed by atoms with Crippen molar-refractivity contribution in [2.24, 2.45) is 10.7 Å². The second kappa shape index (κ2) is 6.64. The van der Waals surface area contributed by atoms with Gasteiger partial charge in [0.25, 0.3) is 6.02 Å². The summed E-state index contributed by atoms with van der Waals surface area (Å²) in [5.41, 5.74) is 5.38. The highest BCUT2D eigenvalue weighted by Gasteiger charge is 2.55. The SMILES string of the molecule is CC1(c2cccc(OCc3ccc(C#N)cc3)c2)N=C(N)OCC1(F)F. The lowest BCUT2D eigenvalue weighted by Gasteiger charge is -2.37. The molecule has 26 heavy (non-hydrogen) atoms. The number of nitrogens with zero attached hydrogens (tertiary/aromatic N) is 2. The number of hydrogen-bond acceptors (Lipinski definition) is 5. The van der Waals surface area contributed by atoms with Crippen LogP contribution in [0.25, 0.3) is 0 Å². The fourth-order valence-corrected chi connectivity index (χ4v) is 2.65. The van der Waals surface area contributed by atoms with E-state index in [1.165, 1.54) is 13.0 Å². The second-order valence-electron chi connectivity index (χ2n) is 6.14. The van der Waals surface area contributed by atoms with Crippen LogP contribution < -0.4 is 10.5 Å². The van der Waals surface area contributed by atoms with Crippen LogP contribution in [0.15, 0.2) is 53.5 Å². The van der Waals surface area contributed by atoms with Crippen LogP contribution in [0.5, 0.6) is 5.75 Å². The molecule has 7 heteroatoms. The zero-order valence-electron chi connectivity index (χ0n) is 14.1. The van der Waals surface area contributed by atoms with Crippen LogP contribution in [0.3, 0.4) is 0 Å². The fraction of sp³-hybridized carbons (Fsp3) is 0.263. The number of amidine groups is 1. The first-order valence-electron chi connectivity index (χ1n) is 7.92. The number of hydrogen-bond donors (Lipinski definition) is 1. The van der Waals surface area contributed by atoms with E-state index in [2.05, 4.69) is 9.73 Å². The van der Waals surface area contributed by atoms with Gasteiger partial charge >= 0.3 is 5.92 Å². The summed E-state index contributed by atoms with van der Waals surface area (Å²) in [6.45, 7) is 0.744. The molecule has 2 N–H and O–H groups in total. The molecule has 1 aliphatic rings. The summed E-state index contributed by atoms with van der Waals surface area (Å²) < 4.78 is 39.2. The Morgan fingerprint density at radius 1 is 1.27 bits per heavy atom. The van der Waals surface area contributed by atoms with Gasteiger partial charge in [0.2, 0.25) is 0 Å². The van der Waals surface area contributed by atoms with Crippen LogP contribution in [0.2, 0.25) is 0 Å². The van der Waals surface area contributed by atoms with E-state index in [0.29, 0.717) is 11.3 Å². The first-order chi connectivity index (χ1) is 12.3. The van der Waals surface area contributed by atoms with Gasteiger partial charge in [0, 0.05) is 0 Å². The zero-order chi connectivity index (χ0) is 18.8. The Kier molecular flexibility index (Phi) is 4.51. The minimum Gasteiger partial charge on any atom is -0.489 e. The summed E-state index contributed by atoms with van der Waals surface area (Å²) in [4.78, 5) is 3.85. The molecule has 5 nitrogen and oxygen atoms in total. The van der Waals surface area contributed by atoms with Crippen molar-refractivity contribution >= 4 is 6.02 Å². The molecule has 0 aromatic heterocycles. The molecule has 1 aliphatic heterocycles. The number of aliphatic imine (C=N–C) groups is 1. The summed E-state index contributed by atoms with van der Waals surface area (Å²) in [6, 6.07) is 15.1. The normalized spacial score (nSPS) is 21.2. The van der Waals surface area contributed by atoms with Gasteiger partial charge in [-0.2, -0.15) is 14.0 Å². The molecule has 0 aliphatic carbocycles. The van der Waals surface area contributed by atoms with E-state index in [-0.39, 0.29) is 18.2 Å². The molecule has 3 rings (SSSR count). The lowest BCUT2D eigenvalue weighted by Crippen LogP contribution is -2.50. The van der Waals surface area contributed by atoms with E-state index in [9.17, 15) is 8.78 Å². The Bertz CT molecular complexity index is 875. The van der Waals surface area contributed by atoms with Crippen molar-refractivity contribution in [2.75, 3.05) is 6.61 Å². The van der Waals surface area contributed by atoms with Gasteiger partial charge in [-0.15, -0.1) is 0 Å². The molecule has 0 amide bonds. The van der Waals surface area contributed by atoms with Crippen LogP contribution in [0.1, 0.15) is 23.6 Å². The Morgan fingerprint density at radius 3 is 2.69 bits per heavy atom. The van der Waals surface area contributed by atoms with E-state index >= 15 is 0 Å². The lowest BCUT2D eigenvalue weighted by molar-refractivity contribution is -0.116. The van der Waals surface area contributed by atoms with E-state index in [1.807, 2.05) is 6.07 Å². The molecule has 0 spiro atoms. The summed E-state index contributed by atoms with van der Waals surface area (Å²) in [7, 11) is 0. The third-order valence-electron chi connectivity index (χ3n) is 4.33. The monoisotopic (exact) mass is 357 g/mol. The highest BCUT2D eigenvalue weighted by atomic mass is 19.3. The van der Waals surface area contributed by atoms with E-state index in [4.69, 9.17) is 15.7 Å². The molecule has 0 bridgehead atoms. The van der Waals surface area contributed by atoms with Crippen LogP contribution in [0, 0.1) is 11.3 Å². The molecule has 0 fully saturated rings. The number of alkyl halides is 2. The molecule has 134 valence electrons. The molecule has 2 aromatic rings. The Hall–Kier alpha value is -3.14. The first kappa shape index (κ1) is 17.7. The fourth-order valence-electron chi connectivity index (χ4n) is 2.65. The smallest absolute Gasteiger partial charge is 0.310 e. The summed E-state index contributed by atoms with van der Waals surface area (Å²) in [5, 5.41) is 8.81. The van der Waals surface area contributed by atoms with Crippen LogP contribution in [-0.2, 0) is 16.9 Å². The topological polar surface area (TPSA) is 80.6 Å². The zero-order valence-corrected chi connectivity index (χ0v) is 14.1. The standard InChI is InChI=1S/C19H17F2N3O2/c1-18(19(20,21)12-26-17(23)24-18)15-3-2-4-16(9-15)25-11-14-7-5-13(10-22)6-8-14/h2-9H,11-12H2,1H3,(H2,23,24). The largest absolute Gasteiger partial charge is 0.489 e. The number of nitrogens with two attached hydrogens (primary N) is 1. The molecule has 1 atom stereocenters. The Labute approximate surface area is 149 Å². The molecule has 0 saturated heterocycles.